The molecule has 1 saturated carbocycles. The monoisotopic (exact) mass is 856 g/mol. The van der Waals surface area contributed by atoms with Gasteiger partial charge in [0.05, 0.1) is 25.5 Å². The summed E-state index contributed by atoms with van der Waals surface area (Å²) in [5, 5.41) is 22.1. The molecule has 4 bridgehead atoms. The first-order chi connectivity index (χ1) is 28.8. The van der Waals surface area contributed by atoms with Crippen molar-refractivity contribution in [3.05, 3.63) is 112 Å². The number of hydrogen-bond donors (Lipinski definition) is 6. The molecular weight excluding hydrogens is 807 g/mol. The van der Waals surface area contributed by atoms with Crippen molar-refractivity contribution in [2.45, 2.75) is 57.0 Å². The van der Waals surface area contributed by atoms with E-state index in [2.05, 4.69) is 28.2 Å². The number of halogens is 2. The Morgan fingerprint density at radius 2 is 1.57 bits per heavy atom. The van der Waals surface area contributed by atoms with Crippen molar-refractivity contribution < 1.29 is 33.9 Å². The summed E-state index contributed by atoms with van der Waals surface area (Å²) in [6.45, 7) is 1.68. The number of aromatic hydroxyl groups is 1. The Bertz CT molecular complexity index is 2190. The molecule has 0 aromatic heterocycles. The van der Waals surface area contributed by atoms with Gasteiger partial charge in [0.25, 0.3) is 5.91 Å². The Morgan fingerprint density at radius 3 is 2.18 bits per heavy atom. The molecule has 2 aliphatic rings. The smallest absolute Gasteiger partial charge is 0.251 e. The van der Waals surface area contributed by atoms with Crippen molar-refractivity contribution in [2.75, 3.05) is 39.1 Å². The first kappa shape index (κ1) is 45.3. The van der Waals surface area contributed by atoms with E-state index in [-0.39, 0.29) is 30.5 Å². The molecule has 60 heavy (non-hydrogen) atoms. The third-order valence-corrected chi connectivity index (χ3v) is 10.7. The molecule has 13 nitrogen and oxygen atoms in total. The summed E-state index contributed by atoms with van der Waals surface area (Å²) in [6, 6.07) is 22.0. The van der Waals surface area contributed by atoms with Gasteiger partial charge in [0.1, 0.15) is 17.8 Å². The number of alkyl halides is 1. The molecule has 1 heterocycles. The Morgan fingerprint density at radius 1 is 0.883 bits per heavy atom. The van der Waals surface area contributed by atoms with E-state index in [0.29, 0.717) is 32.8 Å². The van der Waals surface area contributed by atoms with Crippen molar-refractivity contribution in [1.29, 1.82) is 0 Å². The first-order valence-electron chi connectivity index (χ1n) is 19.8. The minimum absolute atomic E-state index is 0.0183. The molecule has 15 heteroatoms. The van der Waals surface area contributed by atoms with Crippen LogP contribution in [0.3, 0.4) is 0 Å². The zero-order valence-corrected chi connectivity index (χ0v) is 35.1. The van der Waals surface area contributed by atoms with Crippen LogP contribution in [-0.2, 0) is 30.4 Å². The lowest BCUT2D eigenvalue weighted by molar-refractivity contribution is -0.139. The van der Waals surface area contributed by atoms with E-state index in [1.165, 1.54) is 30.9 Å². The van der Waals surface area contributed by atoms with E-state index in [0.717, 1.165) is 36.1 Å². The molecule has 316 valence electrons. The lowest BCUT2D eigenvalue weighted by atomic mass is 9.90. The number of ketones is 1. The molecule has 1 fully saturated rings. The van der Waals surface area contributed by atoms with Gasteiger partial charge < -0.3 is 37.0 Å². The number of nitrogens with one attached hydrogen (secondary N) is 4. The summed E-state index contributed by atoms with van der Waals surface area (Å²) < 4.78 is 0. The van der Waals surface area contributed by atoms with Gasteiger partial charge in [0, 0.05) is 29.6 Å². The van der Waals surface area contributed by atoms with Crippen LogP contribution in [0.5, 0.6) is 5.75 Å². The summed E-state index contributed by atoms with van der Waals surface area (Å²) >= 11 is 11.6. The van der Waals surface area contributed by atoms with E-state index in [4.69, 9.17) is 28.9 Å². The van der Waals surface area contributed by atoms with Gasteiger partial charge in [0.2, 0.25) is 23.6 Å². The van der Waals surface area contributed by atoms with Crippen molar-refractivity contribution in [3.63, 3.8) is 0 Å². The van der Waals surface area contributed by atoms with Crippen LogP contribution in [0.1, 0.15) is 71.6 Å². The molecule has 6 rings (SSSR count). The van der Waals surface area contributed by atoms with Gasteiger partial charge >= 0.3 is 0 Å². The second kappa shape index (κ2) is 21.5. The lowest BCUT2D eigenvalue weighted by Crippen LogP contribution is -2.52. The molecule has 0 saturated heterocycles. The van der Waals surface area contributed by atoms with Crippen LogP contribution >= 0.6 is 23.2 Å². The van der Waals surface area contributed by atoms with Crippen molar-refractivity contribution in [2.24, 2.45) is 5.73 Å². The highest BCUT2D eigenvalue weighted by atomic mass is 35.5. The van der Waals surface area contributed by atoms with E-state index >= 15 is 0 Å². The van der Waals surface area contributed by atoms with Gasteiger partial charge in [-0.3, -0.25) is 28.8 Å². The van der Waals surface area contributed by atoms with E-state index in [9.17, 15) is 33.9 Å². The number of amides is 5. The Labute approximate surface area is 359 Å². The predicted octanol–water partition coefficient (Wildman–Crippen LogP) is 5.01. The Balaban J connectivity index is 0.00000129. The lowest BCUT2D eigenvalue weighted by Gasteiger charge is -2.29. The van der Waals surface area contributed by atoms with E-state index in [1.54, 1.807) is 60.7 Å². The van der Waals surface area contributed by atoms with E-state index < -0.39 is 60.5 Å². The fourth-order valence-electron chi connectivity index (χ4n) is 6.70. The van der Waals surface area contributed by atoms with Gasteiger partial charge in [-0.05, 0) is 108 Å². The predicted molar refractivity (Wildman–Crippen MR) is 232 cm³/mol. The summed E-state index contributed by atoms with van der Waals surface area (Å²) in [7, 11) is 1.43. The van der Waals surface area contributed by atoms with Gasteiger partial charge in [-0.15, -0.1) is 11.6 Å². The SMILES string of the molecule is CCCCN.CN(C(=O)CNC(=O)c1ccc(-c2ccc(Cl)cc2)cc1)C1C(=O)NCC(=O)NC(C(=O)NCC(=O)CCl)Cc2ccc(O)c(c2)-c2cc1ccc2C1CC1. The highest BCUT2D eigenvalue weighted by molar-refractivity contribution is 6.30. The number of unbranched alkanes of at least 4 members (excludes halogenated alkanes) is 1. The quantitative estimate of drug-likeness (QED) is 0.107. The number of hydrogen-bond acceptors (Lipinski definition) is 8. The number of fused-ring (bicyclic) bond motifs is 5. The minimum Gasteiger partial charge on any atom is -0.507 e. The number of phenolic OH excluding ortho intramolecular Hbond substituents is 1. The number of phenols is 1. The van der Waals surface area contributed by atoms with Crippen LogP contribution in [0.15, 0.2) is 84.9 Å². The summed E-state index contributed by atoms with van der Waals surface area (Å²) in [5.41, 5.74) is 10.4. The fraction of sp³-hybridized carbons (Fsp3) is 0.333. The maximum absolute atomic E-state index is 14.0. The molecule has 1 aliphatic carbocycles. The third-order valence-electron chi connectivity index (χ3n) is 10.2. The topological polar surface area (TPSA) is 200 Å². The molecule has 4 aromatic carbocycles. The molecule has 0 radical (unpaired) electrons. The van der Waals surface area contributed by atoms with Crippen molar-refractivity contribution >= 4 is 58.5 Å². The Hall–Kier alpha value is -5.76. The molecule has 4 aromatic rings. The minimum atomic E-state index is -1.25. The molecular formula is C45H50Cl2N6O7. The third kappa shape index (κ3) is 12.2. The summed E-state index contributed by atoms with van der Waals surface area (Å²) in [4.78, 5) is 80.1. The van der Waals surface area contributed by atoms with Crippen LogP contribution in [0.4, 0.5) is 0 Å². The number of carbonyl (C=O) groups excluding carboxylic acids is 6. The summed E-state index contributed by atoms with van der Waals surface area (Å²) in [6.07, 6.45) is 4.28. The van der Waals surface area contributed by atoms with Crippen LogP contribution < -0.4 is 27.0 Å². The number of Topliss-reactive ketones (excluding diaryl/α,β-unsaturated/α-hetero) is 1. The number of nitrogens with zero attached hydrogens (tertiary/aromatic N) is 1. The molecule has 2 atom stereocenters. The molecule has 7 N–H and O–H groups in total. The van der Waals surface area contributed by atoms with Gasteiger partial charge in [-0.1, -0.05) is 67.4 Å². The highest BCUT2D eigenvalue weighted by Crippen LogP contribution is 2.47. The molecule has 0 spiro atoms. The fourth-order valence-corrected chi connectivity index (χ4v) is 6.92. The molecule has 5 amide bonds. The maximum atomic E-state index is 14.0. The number of rotatable bonds is 12. The van der Waals surface area contributed by atoms with Crippen molar-refractivity contribution in [1.82, 2.24) is 26.2 Å². The Kier molecular flexibility index (Phi) is 16.2. The van der Waals surface area contributed by atoms with Crippen molar-refractivity contribution in [3.8, 4) is 28.0 Å². The second-order valence-electron chi connectivity index (χ2n) is 14.7. The molecule has 2 unspecified atom stereocenters. The van der Waals surface area contributed by atoms with Gasteiger partial charge in [-0.2, -0.15) is 0 Å². The number of likely N-dealkylation sites (N-methyl/N-ethyl adjacent to an activating group) is 1. The second-order valence-corrected chi connectivity index (χ2v) is 15.4. The standard InChI is InChI=1S/C41H39Cl2N5O7.C4H11N/c1-48(37(52)22-46-39(53)27-7-3-24(4-8-27)25-9-12-29(43)13-10-25)38-28-11-14-31(26-5-6-26)32(18-28)33-16-23(2-15-35(33)50)17-34(40(54)44-20-30(49)19-42)47-36(51)21-45-41(38)55;1-2-3-4-5/h2-4,7-16,18,26,34,38,50H,5-6,17,19-22H2,1H3,(H,44,54)(H,45,55)(H,46,53)(H,47,51);2-5H2,1H3. The maximum Gasteiger partial charge on any atom is 0.251 e. The van der Waals surface area contributed by atoms with Crippen LogP contribution in [0, 0.1) is 0 Å². The normalized spacial score (nSPS) is 16.1. The van der Waals surface area contributed by atoms with Crippen LogP contribution in [0.2, 0.25) is 5.02 Å². The first-order valence-corrected chi connectivity index (χ1v) is 20.7. The largest absolute Gasteiger partial charge is 0.507 e. The summed E-state index contributed by atoms with van der Waals surface area (Å²) in [5.74, 6) is -3.62. The van der Waals surface area contributed by atoms with Gasteiger partial charge in [0.15, 0.2) is 5.78 Å². The zero-order valence-electron chi connectivity index (χ0n) is 33.6. The average Bonchev–Trinajstić information content (AvgIpc) is 4.10. The van der Waals surface area contributed by atoms with Crippen LogP contribution in [0.25, 0.3) is 22.3 Å². The average molecular weight is 858 g/mol. The van der Waals surface area contributed by atoms with Crippen LogP contribution in [-0.4, -0.2) is 90.5 Å². The zero-order chi connectivity index (χ0) is 43.3. The van der Waals surface area contributed by atoms with E-state index in [1.807, 2.05) is 18.2 Å². The highest BCUT2D eigenvalue weighted by Gasteiger charge is 2.33. The number of nitrogens with two attached hydrogens (primary N) is 1. The molecule has 1 aliphatic heterocycles. The number of benzene rings is 4. The van der Waals surface area contributed by atoms with Gasteiger partial charge in [-0.25, -0.2) is 0 Å². The number of carbonyl (C=O) groups is 6.